The Hall–Kier alpha value is -3.54. The van der Waals surface area contributed by atoms with E-state index in [4.69, 9.17) is 4.52 Å². The van der Waals surface area contributed by atoms with Crippen LogP contribution in [0.2, 0.25) is 0 Å². The zero-order valence-electron chi connectivity index (χ0n) is 15.8. The Balaban J connectivity index is 1.63. The summed E-state index contributed by atoms with van der Waals surface area (Å²) in [5.74, 6) is 0.554. The number of allylic oxidation sites excluding steroid dienone is 2. The molecule has 2 aromatic carbocycles. The fourth-order valence-corrected chi connectivity index (χ4v) is 4.53. The Bertz CT molecular complexity index is 1140. The van der Waals surface area contributed by atoms with Gasteiger partial charge in [-0.25, -0.2) is 0 Å². The molecule has 1 aliphatic heterocycles. The van der Waals surface area contributed by atoms with Crippen molar-refractivity contribution in [3.05, 3.63) is 82.2 Å². The van der Waals surface area contributed by atoms with Crippen LogP contribution in [0, 0.1) is 6.92 Å². The molecule has 1 aliphatic carbocycles. The Morgan fingerprint density at radius 1 is 1.07 bits per heavy atom. The Labute approximate surface area is 167 Å². The fraction of sp³-hybridized carbons (Fsp3) is 0.217. The Morgan fingerprint density at radius 2 is 1.83 bits per heavy atom. The maximum Gasteiger partial charge on any atom is 0.233 e. The lowest BCUT2D eigenvalue weighted by atomic mass is 9.72. The van der Waals surface area contributed by atoms with Gasteiger partial charge in [0.2, 0.25) is 5.88 Å². The molecular formula is C23H20N2O4. The number of Topliss-reactive ketones (excluding diaryl/α,β-unsaturated/α-hetero) is 1. The quantitative estimate of drug-likeness (QED) is 0.604. The number of aromatic hydroxyl groups is 2. The molecule has 6 nitrogen and oxygen atoms in total. The summed E-state index contributed by atoms with van der Waals surface area (Å²) >= 11 is 0. The van der Waals surface area contributed by atoms with Gasteiger partial charge in [-0.3, -0.25) is 4.79 Å². The molecule has 0 saturated carbocycles. The number of nitrogens with zero attached hydrogens (tertiary/aromatic N) is 1. The minimum absolute atomic E-state index is 0.0383. The van der Waals surface area contributed by atoms with Gasteiger partial charge < -0.3 is 20.1 Å². The van der Waals surface area contributed by atoms with Crippen LogP contribution in [0.1, 0.15) is 47.1 Å². The van der Waals surface area contributed by atoms with E-state index < -0.39 is 0 Å². The summed E-state index contributed by atoms with van der Waals surface area (Å²) < 4.78 is 5.51. The Morgan fingerprint density at radius 3 is 2.59 bits per heavy atom. The Kier molecular flexibility index (Phi) is 3.94. The highest BCUT2D eigenvalue weighted by molar-refractivity contribution is 6.01. The number of aromatic nitrogens is 1. The molecule has 3 aromatic rings. The molecule has 2 heterocycles. The zero-order chi connectivity index (χ0) is 20.1. The van der Waals surface area contributed by atoms with Crippen molar-refractivity contribution in [1.82, 2.24) is 5.16 Å². The number of carbonyl (C=O) groups is 1. The number of anilines is 1. The first-order valence-electron chi connectivity index (χ1n) is 9.59. The van der Waals surface area contributed by atoms with E-state index in [1.807, 2.05) is 31.2 Å². The van der Waals surface area contributed by atoms with E-state index in [1.54, 1.807) is 24.3 Å². The molecule has 0 amide bonds. The van der Waals surface area contributed by atoms with E-state index in [-0.39, 0.29) is 29.1 Å². The second-order valence-electron chi connectivity index (χ2n) is 7.64. The summed E-state index contributed by atoms with van der Waals surface area (Å²) in [5.41, 5.74) is 4.77. The molecule has 0 unspecified atom stereocenters. The van der Waals surface area contributed by atoms with Gasteiger partial charge >= 0.3 is 0 Å². The molecule has 5 rings (SSSR count). The number of hydrogen-bond acceptors (Lipinski definition) is 6. The molecule has 2 aliphatic rings. The van der Waals surface area contributed by atoms with Gasteiger partial charge in [-0.2, -0.15) is 0 Å². The second kappa shape index (κ2) is 6.51. The van der Waals surface area contributed by atoms with Gasteiger partial charge in [0.15, 0.2) is 5.78 Å². The van der Waals surface area contributed by atoms with Crippen LogP contribution in [0.3, 0.4) is 0 Å². The van der Waals surface area contributed by atoms with Crippen molar-refractivity contribution in [2.24, 2.45) is 0 Å². The standard InChI is InChI=1S/C23H20N2O4/c1-12-20-21(13-6-8-15(26)9-7-13)22-17(24-23(20)29-25-12)10-14(11-19(22)28)16-4-2-3-5-18(16)27/h2-9,14,21,24,26-27H,10-11H2,1H3/t14-,21+/m0/s1. The van der Waals surface area contributed by atoms with Crippen LogP contribution >= 0.6 is 0 Å². The van der Waals surface area contributed by atoms with Crippen LogP contribution in [0.25, 0.3) is 0 Å². The fourth-order valence-electron chi connectivity index (χ4n) is 4.53. The van der Waals surface area contributed by atoms with E-state index in [1.165, 1.54) is 0 Å². The number of rotatable bonds is 2. The molecule has 29 heavy (non-hydrogen) atoms. The molecule has 146 valence electrons. The van der Waals surface area contributed by atoms with Gasteiger partial charge in [-0.15, -0.1) is 0 Å². The van der Waals surface area contributed by atoms with E-state index in [0.717, 1.165) is 28.1 Å². The lowest BCUT2D eigenvalue weighted by molar-refractivity contribution is -0.116. The third kappa shape index (κ3) is 2.79. The van der Waals surface area contributed by atoms with Crippen molar-refractivity contribution in [2.45, 2.75) is 31.6 Å². The lowest BCUT2D eigenvalue weighted by Gasteiger charge is -2.34. The van der Waals surface area contributed by atoms with Crippen molar-refractivity contribution in [2.75, 3.05) is 5.32 Å². The van der Waals surface area contributed by atoms with E-state index in [0.29, 0.717) is 24.3 Å². The highest BCUT2D eigenvalue weighted by Crippen LogP contribution is 2.49. The first kappa shape index (κ1) is 17.6. The van der Waals surface area contributed by atoms with Crippen LogP contribution in [0.4, 0.5) is 5.88 Å². The van der Waals surface area contributed by atoms with Gasteiger partial charge in [0.1, 0.15) is 11.5 Å². The summed E-state index contributed by atoms with van der Waals surface area (Å²) in [4.78, 5) is 13.3. The molecule has 0 spiro atoms. The van der Waals surface area contributed by atoms with Crippen LogP contribution in [-0.2, 0) is 4.79 Å². The number of carbonyl (C=O) groups excluding carboxylic acids is 1. The molecule has 0 saturated heterocycles. The van der Waals surface area contributed by atoms with Crippen molar-refractivity contribution < 1.29 is 19.5 Å². The molecule has 2 atom stereocenters. The number of fused-ring (bicyclic) bond motifs is 1. The lowest BCUT2D eigenvalue weighted by Crippen LogP contribution is -2.29. The van der Waals surface area contributed by atoms with Gasteiger partial charge in [0.05, 0.1) is 11.3 Å². The van der Waals surface area contributed by atoms with Crippen molar-refractivity contribution in [3.63, 3.8) is 0 Å². The summed E-state index contributed by atoms with van der Waals surface area (Å²) in [6.07, 6.45) is 0.915. The van der Waals surface area contributed by atoms with Crippen molar-refractivity contribution in [1.29, 1.82) is 0 Å². The van der Waals surface area contributed by atoms with Gasteiger partial charge in [0, 0.05) is 29.5 Å². The van der Waals surface area contributed by atoms with Crippen molar-refractivity contribution >= 4 is 11.7 Å². The van der Waals surface area contributed by atoms with Crippen LogP contribution in [0.5, 0.6) is 11.5 Å². The smallest absolute Gasteiger partial charge is 0.233 e. The minimum Gasteiger partial charge on any atom is -0.508 e. The summed E-state index contributed by atoms with van der Waals surface area (Å²) in [7, 11) is 0. The van der Waals surface area contributed by atoms with Crippen LogP contribution in [0.15, 0.2) is 64.3 Å². The topological polar surface area (TPSA) is 95.6 Å². The maximum absolute atomic E-state index is 13.3. The van der Waals surface area contributed by atoms with E-state index >= 15 is 0 Å². The first-order valence-corrected chi connectivity index (χ1v) is 9.59. The SMILES string of the molecule is Cc1noc2c1[C@@H](c1ccc(O)cc1)C1=C(C[C@H](c3ccccc3O)CC1=O)N2. The normalized spacial score (nSPS) is 20.8. The summed E-state index contributed by atoms with van der Waals surface area (Å²) in [6, 6.07) is 14.1. The first-order chi connectivity index (χ1) is 14.0. The summed E-state index contributed by atoms with van der Waals surface area (Å²) in [6.45, 7) is 1.86. The number of aryl methyl sites for hydroxylation is 1. The molecule has 1 aromatic heterocycles. The number of para-hydroxylation sites is 1. The van der Waals surface area contributed by atoms with E-state index in [9.17, 15) is 15.0 Å². The third-order valence-electron chi connectivity index (χ3n) is 5.86. The number of ketones is 1. The number of phenolic OH excluding ortho intramolecular Hbond substituents is 2. The second-order valence-corrected chi connectivity index (χ2v) is 7.64. The van der Waals surface area contributed by atoms with Gasteiger partial charge in [-0.1, -0.05) is 35.5 Å². The number of nitrogens with one attached hydrogen (secondary N) is 1. The maximum atomic E-state index is 13.3. The highest BCUT2D eigenvalue weighted by Gasteiger charge is 2.41. The van der Waals surface area contributed by atoms with E-state index in [2.05, 4.69) is 10.5 Å². The number of phenols is 2. The molecule has 0 radical (unpaired) electrons. The minimum atomic E-state index is -0.300. The number of hydrogen-bond donors (Lipinski definition) is 3. The third-order valence-corrected chi connectivity index (χ3v) is 5.86. The largest absolute Gasteiger partial charge is 0.508 e. The number of benzene rings is 2. The van der Waals surface area contributed by atoms with Gasteiger partial charge in [-0.05, 0) is 42.7 Å². The monoisotopic (exact) mass is 388 g/mol. The average Bonchev–Trinajstić information content (AvgIpc) is 3.08. The average molecular weight is 388 g/mol. The molecule has 6 heteroatoms. The highest BCUT2D eigenvalue weighted by atomic mass is 16.5. The van der Waals surface area contributed by atoms with Crippen LogP contribution in [-0.4, -0.2) is 21.2 Å². The van der Waals surface area contributed by atoms with Crippen molar-refractivity contribution in [3.8, 4) is 11.5 Å². The summed E-state index contributed by atoms with van der Waals surface area (Å²) in [5, 5.41) is 27.3. The van der Waals surface area contributed by atoms with Gasteiger partial charge in [0.25, 0.3) is 0 Å². The zero-order valence-corrected chi connectivity index (χ0v) is 15.8. The predicted molar refractivity (Wildman–Crippen MR) is 107 cm³/mol. The molecule has 3 N–H and O–H groups in total. The molecular weight excluding hydrogens is 368 g/mol. The predicted octanol–water partition coefficient (Wildman–Crippen LogP) is 4.35. The molecule has 0 bridgehead atoms. The van der Waals surface area contributed by atoms with Crippen LogP contribution < -0.4 is 5.32 Å². The molecule has 0 fully saturated rings.